The van der Waals surface area contributed by atoms with E-state index in [0.29, 0.717) is 25.7 Å². The predicted octanol–water partition coefficient (Wildman–Crippen LogP) is 1.93. The molecule has 0 aliphatic carbocycles. The van der Waals surface area contributed by atoms with E-state index in [9.17, 15) is 0 Å². The van der Waals surface area contributed by atoms with Gasteiger partial charge in [-0.2, -0.15) is 0 Å². The molecule has 0 aromatic heterocycles. The molecule has 0 amide bonds. The summed E-state index contributed by atoms with van der Waals surface area (Å²) in [5, 5.41) is 3.38. The SMILES string of the molecule is CN=C(NCCOc1cccc(C)c1)N1CCC(COCCOC)C1. The molecule has 1 aliphatic heterocycles. The van der Waals surface area contributed by atoms with Gasteiger partial charge >= 0.3 is 0 Å². The van der Waals surface area contributed by atoms with E-state index in [1.54, 1.807) is 7.11 Å². The molecule has 0 radical (unpaired) electrons. The van der Waals surface area contributed by atoms with Gasteiger partial charge < -0.3 is 24.4 Å². The zero-order chi connectivity index (χ0) is 17.9. The van der Waals surface area contributed by atoms with Crippen molar-refractivity contribution in [3.05, 3.63) is 29.8 Å². The van der Waals surface area contributed by atoms with Crippen LogP contribution in [0.5, 0.6) is 5.75 Å². The molecule has 1 aromatic rings. The fraction of sp³-hybridized carbons (Fsp3) is 0.632. The third kappa shape index (κ3) is 6.92. The van der Waals surface area contributed by atoms with Crippen molar-refractivity contribution < 1.29 is 14.2 Å². The van der Waals surface area contributed by atoms with Crippen LogP contribution < -0.4 is 10.1 Å². The van der Waals surface area contributed by atoms with Crippen LogP contribution in [0.3, 0.4) is 0 Å². The predicted molar refractivity (Wildman–Crippen MR) is 100 cm³/mol. The summed E-state index contributed by atoms with van der Waals surface area (Å²) in [7, 11) is 3.52. The Labute approximate surface area is 151 Å². The van der Waals surface area contributed by atoms with Gasteiger partial charge in [-0.1, -0.05) is 12.1 Å². The first kappa shape index (κ1) is 19.5. The maximum Gasteiger partial charge on any atom is 0.193 e. The molecular formula is C19H31N3O3. The molecule has 6 heteroatoms. The topological polar surface area (TPSA) is 55.3 Å². The van der Waals surface area contributed by atoms with E-state index in [-0.39, 0.29) is 0 Å². The van der Waals surface area contributed by atoms with E-state index in [1.165, 1.54) is 5.56 Å². The Bertz CT molecular complexity index is 536. The monoisotopic (exact) mass is 349 g/mol. The second-order valence-electron chi connectivity index (χ2n) is 6.31. The zero-order valence-corrected chi connectivity index (χ0v) is 15.7. The minimum atomic E-state index is 0.555. The number of likely N-dealkylation sites (tertiary alicyclic amines) is 1. The van der Waals surface area contributed by atoms with E-state index in [4.69, 9.17) is 14.2 Å². The number of rotatable bonds is 9. The number of benzene rings is 1. The van der Waals surface area contributed by atoms with Crippen LogP contribution in [0.4, 0.5) is 0 Å². The van der Waals surface area contributed by atoms with Gasteiger partial charge in [0.05, 0.1) is 26.4 Å². The highest BCUT2D eigenvalue weighted by atomic mass is 16.5. The number of methoxy groups -OCH3 is 1. The third-order valence-corrected chi connectivity index (χ3v) is 4.23. The molecule has 1 aromatic carbocycles. The summed E-state index contributed by atoms with van der Waals surface area (Å²) >= 11 is 0. The molecule has 1 aliphatic rings. The molecule has 1 saturated heterocycles. The van der Waals surface area contributed by atoms with Crippen LogP contribution in [0.2, 0.25) is 0 Å². The molecule has 1 heterocycles. The van der Waals surface area contributed by atoms with E-state index < -0.39 is 0 Å². The minimum Gasteiger partial charge on any atom is -0.492 e. The van der Waals surface area contributed by atoms with Crippen LogP contribution in [0.15, 0.2) is 29.3 Å². The van der Waals surface area contributed by atoms with Gasteiger partial charge in [-0.15, -0.1) is 0 Å². The Hall–Kier alpha value is -1.79. The Morgan fingerprint density at radius 2 is 2.20 bits per heavy atom. The molecule has 6 nitrogen and oxygen atoms in total. The Morgan fingerprint density at radius 3 is 2.96 bits per heavy atom. The molecule has 2 rings (SSSR count). The summed E-state index contributed by atoms with van der Waals surface area (Å²) < 4.78 is 16.4. The second kappa shape index (κ2) is 10.9. The first-order chi connectivity index (χ1) is 12.2. The van der Waals surface area contributed by atoms with E-state index in [2.05, 4.69) is 28.2 Å². The van der Waals surface area contributed by atoms with Crippen LogP contribution in [-0.2, 0) is 9.47 Å². The average molecular weight is 349 g/mol. The molecule has 1 atom stereocenters. The first-order valence-electron chi connectivity index (χ1n) is 8.94. The number of hydrogen-bond acceptors (Lipinski definition) is 4. The number of hydrogen-bond donors (Lipinski definition) is 1. The van der Waals surface area contributed by atoms with Gasteiger partial charge in [-0.3, -0.25) is 4.99 Å². The molecule has 0 saturated carbocycles. The summed E-state index contributed by atoms with van der Waals surface area (Å²) in [5.74, 6) is 2.40. The molecular weight excluding hydrogens is 318 g/mol. The molecule has 140 valence electrons. The van der Waals surface area contributed by atoms with Crippen molar-refractivity contribution in [2.75, 3.05) is 60.2 Å². The average Bonchev–Trinajstić information content (AvgIpc) is 3.07. The third-order valence-electron chi connectivity index (χ3n) is 4.23. The number of aryl methyl sites for hydroxylation is 1. The van der Waals surface area contributed by atoms with E-state index in [1.807, 2.05) is 25.2 Å². The van der Waals surface area contributed by atoms with Crippen molar-refractivity contribution in [1.82, 2.24) is 10.2 Å². The lowest BCUT2D eigenvalue weighted by Gasteiger charge is -2.21. The maximum absolute atomic E-state index is 5.77. The highest BCUT2D eigenvalue weighted by Crippen LogP contribution is 2.16. The van der Waals surface area contributed by atoms with Crippen LogP contribution in [0.25, 0.3) is 0 Å². The minimum absolute atomic E-state index is 0.555. The Morgan fingerprint density at radius 1 is 1.32 bits per heavy atom. The van der Waals surface area contributed by atoms with Crippen LogP contribution in [0, 0.1) is 12.8 Å². The number of nitrogens with zero attached hydrogens (tertiary/aromatic N) is 2. The normalized spacial score (nSPS) is 17.8. The lowest BCUT2D eigenvalue weighted by atomic mass is 10.1. The number of nitrogens with one attached hydrogen (secondary N) is 1. The summed E-state index contributed by atoms with van der Waals surface area (Å²) in [6.45, 7) is 7.49. The van der Waals surface area contributed by atoms with Gasteiger partial charge in [0.15, 0.2) is 5.96 Å². The standard InChI is InChI=1S/C19H31N3O3/c1-16-5-4-6-18(13-16)25-10-8-21-19(20-2)22-9-7-17(14-22)15-24-12-11-23-3/h4-6,13,17H,7-12,14-15H2,1-3H3,(H,20,21). The number of guanidine groups is 1. The molecule has 25 heavy (non-hydrogen) atoms. The van der Waals surface area contributed by atoms with Gasteiger partial charge in [-0.25, -0.2) is 0 Å². The summed E-state index contributed by atoms with van der Waals surface area (Å²) in [5.41, 5.74) is 1.21. The van der Waals surface area contributed by atoms with E-state index >= 15 is 0 Å². The highest BCUT2D eigenvalue weighted by molar-refractivity contribution is 5.80. The maximum atomic E-state index is 5.77. The summed E-state index contributed by atoms with van der Waals surface area (Å²) in [6, 6.07) is 8.10. The summed E-state index contributed by atoms with van der Waals surface area (Å²) in [6.07, 6.45) is 1.13. The van der Waals surface area contributed by atoms with Crippen molar-refractivity contribution in [1.29, 1.82) is 0 Å². The quantitative estimate of drug-likeness (QED) is 0.419. The van der Waals surface area contributed by atoms with Gasteiger partial charge in [0.1, 0.15) is 12.4 Å². The zero-order valence-electron chi connectivity index (χ0n) is 15.7. The lowest BCUT2D eigenvalue weighted by molar-refractivity contribution is 0.0536. The van der Waals surface area contributed by atoms with Crippen molar-refractivity contribution in [3.8, 4) is 5.75 Å². The van der Waals surface area contributed by atoms with Gasteiger partial charge in [-0.05, 0) is 31.0 Å². The van der Waals surface area contributed by atoms with Crippen molar-refractivity contribution in [3.63, 3.8) is 0 Å². The fourth-order valence-corrected chi connectivity index (χ4v) is 2.92. The lowest BCUT2D eigenvalue weighted by Crippen LogP contribution is -2.41. The van der Waals surface area contributed by atoms with Crippen LogP contribution in [-0.4, -0.2) is 71.1 Å². The first-order valence-corrected chi connectivity index (χ1v) is 8.94. The van der Waals surface area contributed by atoms with E-state index in [0.717, 1.165) is 44.4 Å². The molecule has 1 N–H and O–H groups in total. The molecule has 1 fully saturated rings. The van der Waals surface area contributed by atoms with Gasteiger partial charge in [0.25, 0.3) is 0 Å². The second-order valence-corrected chi connectivity index (χ2v) is 6.31. The number of aliphatic imine (C=N–C) groups is 1. The molecule has 1 unspecified atom stereocenters. The van der Waals surface area contributed by atoms with Crippen molar-refractivity contribution in [2.45, 2.75) is 13.3 Å². The van der Waals surface area contributed by atoms with Crippen LogP contribution in [0.1, 0.15) is 12.0 Å². The highest BCUT2D eigenvalue weighted by Gasteiger charge is 2.24. The van der Waals surface area contributed by atoms with Gasteiger partial charge in [0.2, 0.25) is 0 Å². The summed E-state index contributed by atoms with van der Waals surface area (Å²) in [4.78, 5) is 6.68. The largest absolute Gasteiger partial charge is 0.492 e. The smallest absolute Gasteiger partial charge is 0.193 e. The van der Waals surface area contributed by atoms with Crippen molar-refractivity contribution >= 4 is 5.96 Å². The van der Waals surface area contributed by atoms with Crippen molar-refractivity contribution in [2.24, 2.45) is 10.9 Å². The Balaban J connectivity index is 1.65. The Kier molecular flexibility index (Phi) is 8.55. The molecule has 0 spiro atoms. The van der Waals surface area contributed by atoms with Gasteiger partial charge in [0, 0.05) is 33.2 Å². The fourth-order valence-electron chi connectivity index (χ4n) is 2.92. The van der Waals surface area contributed by atoms with Crippen LogP contribution >= 0.6 is 0 Å². The molecule has 0 bridgehead atoms. The number of ether oxygens (including phenoxy) is 3.